The van der Waals surface area contributed by atoms with Crippen LogP contribution in [0, 0.1) is 0 Å². The Morgan fingerprint density at radius 2 is 1.96 bits per heavy atom. The molecule has 0 bridgehead atoms. The standard InChI is InChI=1S/C17H23N3O4/c1-12(21)19-8-9-20(14(11-19)17(23)18-2)16(22)10-13-6-4-5-7-15(13)24-3/h4-7,14H,8-11H2,1-3H3,(H,18,23)/t14-/m1/s1. The van der Waals surface area contributed by atoms with Crippen molar-refractivity contribution >= 4 is 17.7 Å². The van der Waals surface area contributed by atoms with E-state index >= 15 is 0 Å². The molecule has 1 heterocycles. The maximum atomic E-state index is 12.7. The average molecular weight is 333 g/mol. The van der Waals surface area contributed by atoms with Crippen molar-refractivity contribution in [1.29, 1.82) is 0 Å². The first kappa shape index (κ1) is 17.8. The van der Waals surface area contributed by atoms with Crippen molar-refractivity contribution in [3.63, 3.8) is 0 Å². The normalized spacial score (nSPS) is 17.4. The summed E-state index contributed by atoms with van der Waals surface area (Å²) in [6.07, 6.45) is 0.150. The quantitative estimate of drug-likeness (QED) is 0.844. The zero-order valence-electron chi connectivity index (χ0n) is 14.2. The Kier molecular flexibility index (Phi) is 5.78. The molecule has 1 N–H and O–H groups in total. The van der Waals surface area contributed by atoms with Gasteiger partial charge in [-0.2, -0.15) is 0 Å². The summed E-state index contributed by atoms with van der Waals surface area (Å²) in [5.41, 5.74) is 0.773. The summed E-state index contributed by atoms with van der Waals surface area (Å²) >= 11 is 0. The second-order valence-corrected chi connectivity index (χ2v) is 5.67. The van der Waals surface area contributed by atoms with Crippen LogP contribution in [0.2, 0.25) is 0 Å². The summed E-state index contributed by atoms with van der Waals surface area (Å²) in [6, 6.07) is 6.64. The number of hydrogen-bond donors (Lipinski definition) is 1. The molecule has 130 valence electrons. The van der Waals surface area contributed by atoms with Crippen LogP contribution in [0.5, 0.6) is 5.75 Å². The third-order valence-electron chi connectivity index (χ3n) is 4.23. The maximum absolute atomic E-state index is 12.7. The van der Waals surface area contributed by atoms with Crippen LogP contribution < -0.4 is 10.1 Å². The third-order valence-corrected chi connectivity index (χ3v) is 4.23. The van der Waals surface area contributed by atoms with Crippen LogP contribution in [0.3, 0.4) is 0 Å². The number of methoxy groups -OCH3 is 1. The van der Waals surface area contributed by atoms with E-state index in [9.17, 15) is 14.4 Å². The number of carbonyl (C=O) groups excluding carboxylic acids is 3. The maximum Gasteiger partial charge on any atom is 0.244 e. The van der Waals surface area contributed by atoms with Crippen molar-refractivity contribution in [2.24, 2.45) is 0 Å². The third kappa shape index (κ3) is 3.84. The Morgan fingerprint density at radius 3 is 2.58 bits per heavy atom. The second kappa shape index (κ2) is 7.81. The highest BCUT2D eigenvalue weighted by molar-refractivity contribution is 5.89. The smallest absolute Gasteiger partial charge is 0.244 e. The Labute approximate surface area is 141 Å². The van der Waals surface area contributed by atoms with Gasteiger partial charge in [-0.3, -0.25) is 14.4 Å². The molecule has 1 aliphatic heterocycles. The molecule has 7 nitrogen and oxygen atoms in total. The van der Waals surface area contributed by atoms with Crippen molar-refractivity contribution in [3.05, 3.63) is 29.8 Å². The summed E-state index contributed by atoms with van der Waals surface area (Å²) in [7, 11) is 3.08. The molecule has 0 saturated carbocycles. The molecule has 3 amide bonds. The summed E-state index contributed by atoms with van der Waals surface area (Å²) in [5.74, 6) is 0.121. The van der Waals surface area contributed by atoms with E-state index in [2.05, 4.69) is 5.32 Å². The largest absolute Gasteiger partial charge is 0.496 e. The fourth-order valence-corrected chi connectivity index (χ4v) is 2.87. The molecule has 0 aromatic heterocycles. The van der Waals surface area contributed by atoms with Gasteiger partial charge >= 0.3 is 0 Å². The highest BCUT2D eigenvalue weighted by Crippen LogP contribution is 2.20. The number of hydrogen-bond acceptors (Lipinski definition) is 4. The van der Waals surface area contributed by atoms with Gasteiger partial charge in [0.1, 0.15) is 11.8 Å². The SMILES string of the molecule is CNC(=O)[C@H]1CN(C(C)=O)CCN1C(=O)Cc1ccccc1OC. The monoisotopic (exact) mass is 333 g/mol. The lowest BCUT2D eigenvalue weighted by molar-refractivity contribution is -0.147. The van der Waals surface area contributed by atoms with Crippen LogP contribution in [0.25, 0.3) is 0 Å². The predicted octanol–water partition coefficient (Wildman–Crippen LogP) is 0.0430. The number of nitrogens with one attached hydrogen (secondary N) is 1. The number of amides is 3. The molecule has 0 radical (unpaired) electrons. The molecular formula is C17H23N3O4. The van der Waals surface area contributed by atoms with Crippen LogP contribution in [0.15, 0.2) is 24.3 Å². The summed E-state index contributed by atoms with van der Waals surface area (Å²) in [5, 5.41) is 2.57. The van der Waals surface area contributed by atoms with Crippen LogP contribution in [0.4, 0.5) is 0 Å². The van der Waals surface area contributed by atoms with Crippen molar-refractivity contribution in [3.8, 4) is 5.75 Å². The van der Waals surface area contributed by atoms with E-state index in [1.165, 1.54) is 14.0 Å². The second-order valence-electron chi connectivity index (χ2n) is 5.67. The molecule has 1 fully saturated rings. The van der Waals surface area contributed by atoms with Gasteiger partial charge < -0.3 is 19.9 Å². The molecule has 0 spiro atoms. The molecule has 1 aliphatic rings. The highest BCUT2D eigenvalue weighted by Gasteiger charge is 2.35. The summed E-state index contributed by atoms with van der Waals surface area (Å²) in [6.45, 7) is 2.45. The molecule has 7 heteroatoms. The first-order chi connectivity index (χ1) is 11.5. The van der Waals surface area contributed by atoms with Gasteiger partial charge in [-0.25, -0.2) is 0 Å². The Balaban J connectivity index is 2.17. The van der Waals surface area contributed by atoms with Gasteiger partial charge in [0.2, 0.25) is 17.7 Å². The lowest BCUT2D eigenvalue weighted by Crippen LogP contribution is -2.61. The predicted molar refractivity (Wildman–Crippen MR) is 88.5 cm³/mol. The molecule has 1 aromatic carbocycles. The highest BCUT2D eigenvalue weighted by atomic mass is 16.5. The van der Waals surface area contributed by atoms with Gasteiger partial charge in [0.05, 0.1) is 20.1 Å². The lowest BCUT2D eigenvalue weighted by atomic mass is 10.1. The Morgan fingerprint density at radius 1 is 1.25 bits per heavy atom. The van der Waals surface area contributed by atoms with E-state index in [0.717, 1.165) is 5.56 Å². The number of para-hydroxylation sites is 1. The zero-order valence-corrected chi connectivity index (χ0v) is 14.2. The van der Waals surface area contributed by atoms with E-state index < -0.39 is 6.04 Å². The molecule has 0 unspecified atom stereocenters. The van der Waals surface area contributed by atoms with Crippen molar-refractivity contribution in [2.45, 2.75) is 19.4 Å². The van der Waals surface area contributed by atoms with Gasteiger partial charge in [0.25, 0.3) is 0 Å². The van der Waals surface area contributed by atoms with Crippen LogP contribution in [-0.2, 0) is 20.8 Å². The van der Waals surface area contributed by atoms with E-state index in [1.54, 1.807) is 23.0 Å². The summed E-state index contributed by atoms with van der Waals surface area (Å²) in [4.78, 5) is 39.6. The number of carbonyl (C=O) groups is 3. The Hall–Kier alpha value is -2.57. The van der Waals surface area contributed by atoms with Gasteiger partial charge in [-0.1, -0.05) is 18.2 Å². The van der Waals surface area contributed by atoms with E-state index in [1.807, 2.05) is 18.2 Å². The van der Waals surface area contributed by atoms with Crippen molar-refractivity contribution in [2.75, 3.05) is 33.8 Å². The van der Waals surface area contributed by atoms with E-state index in [4.69, 9.17) is 4.74 Å². The minimum Gasteiger partial charge on any atom is -0.496 e. The van der Waals surface area contributed by atoms with Gasteiger partial charge in [-0.15, -0.1) is 0 Å². The number of likely N-dealkylation sites (N-methyl/N-ethyl adjacent to an activating group) is 1. The molecule has 0 aliphatic carbocycles. The topological polar surface area (TPSA) is 79.0 Å². The first-order valence-electron chi connectivity index (χ1n) is 7.86. The van der Waals surface area contributed by atoms with Crippen molar-refractivity contribution < 1.29 is 19.1 Å². The van der Waals surface area contributed by atoms with Gasteiger partial charge in [-0.05, 0) is 6.07 Å². The molecular weight excluding hydrogens is 310 g/mol. The molecule has 1 atom stereocenters. The first-order valence-corrected chi connectivity index (χ1v) is 7.86. The fraction of sp³-hybridized carbons (Fsp3) is 0.471. The Bertz CT molecular complexity index is 632. The number of piperazine rings is 1. The minimum absolute atomic E-state index is 0.0965. The molecule has 1 aromatic rings. The molecule has 24 heavy (non-hydrogen) atoms. The van der Waals surface area contributed by atoms with Crippen LogP contribution >= 0.6 is 0 Å². The van der Waals surface area contributed by atoms with Crippen LogP contribution in [0.1, 0.15) is 12.5 Å². The van der Waals surface area contributed by atoms with E-state index in [0.29, 0.717) is 18.8 Å². The average Bonchev–Trinajstić information content (AvgIpc) is 2.60. The van der Waals surface area contributed by atoms with E-state index in [-0.39, 0.29) is 30.7 Å². The number of nitrogens with zero attached hydrogens (tertiary/aromatic N) is 2. The number of benzene rings is 1. The lowest BCUT2D eigenvalue weighted by Gasteiger charge is -2.40. The number of rotatable bonds is 4. The van der Waals surface area contributed by atoms with Crippen LogP contribution in [-0.4, -0.2) is 67.4 Å². The zero-order chi connectivity index (χ0) is 17.7. The molecule has 1 saturated heterocycles. The fourth-order valence-electron chi connectivity index (χ4n) is 2.87. The number of ether oxygens (including phenoxy) is 1. The van der Waals surface area contributed by atoms with Crippen molar-refractivity contribution in [1.82, 2.24) is 15.1 Å². The van der Waals surface area contributed by atoms with Gasteiger partial charge in [0, 0.05) is 32.6 Å². The minimum atomic E-state index is -0.671. The summed E-state index contributed by atoms with van der Waals surface area (Å²) < 4.78 is 5.27. The van der Waals surface area contributed by atoms with Gasteiger partial charge in [0.15, 0.2) is 0 Å². The molecule has 2 rings (SSSR count).